The minimum atomic E-state index is -0.0409. The summed E-state index contributed by atoms with van der Waals surface area (Å²) in [6.07, 6.45) is 2.13. The number of rotatable bonds is 6. The number of carbonyl (C=O) groups is 2. The number of hydrogen-bond acceptors (Lipinski definition) is 6. The van der Waals surface area contributed by atoms with Crippen LogP contribution in [0.5, 0.6) is 0 Å². The lowest BCUT2D eigenvalue weighted by Gasteiger charge is -2.40. The third kappa shape index (κ3) is 5.88. The maximum absolute atomic E-state index is 12.3. The Hall–Kier alpha value is -1.74. The summed E-state index contributed by atoms with van der Waals surface area (Å²) in [5, 5.41) is 6.73. The van der Waals surface area contributed by atoms with E-state index < -0.39 is 0 Å². The monoisotopic (exact) mass is 426 g/mol. The van der Waals surface area contributed by atoms with E-state index in [1.165, 1.54) is 11.8 Å². The number of anilines is 1. The molecule has 0 aromatic carbocycles. The van der Waals surface area contributed by atoms with Crippen molar-refractivity contribution in [1.29, 1.82) is 0 Å². The highest BCUT2D eigenvalue weighted by molar-refractivity contribution is 7.99. The summed E-state index contributed by atoms with van der Waals surface area (Å²) in [6, 6.07) is 2.18. The number of hydrogen-bond donors (Lipinski definition) is 2. The van der Waals surface area contributed by atoms with E-state index >= 15 is 0 Å². The number of halogens is 1. The van der Waals surface area contributed by atoms with Crippen LogP contribution >= 0.6 is 23.4 Å². The van der Waals surface area contributed by atoms with Crippen LogP contribution in [0.25, 0.3) is 0 Å². The first-order valence-electron chi connectivity index (χ1n) is 9.60. The van der Waals surface area contributed by atoms with E-state index in [1.807, 2.05) is 25.7 Å². The largest absolute Gasteiger partial charge is 0.353 e. The van der Waals surface area contributed by atoms with Gasteiger partial charge in [-0.1, -0.05) is 23.4 Å². The van der Waals surface area contributed by atoms with Crippen molar-refractivity contribution < 1.29 is 9.59 Å². The number of urea groups is 1. The molecule has 154 valence electrons. The molecule has 8 nitrogen and oxygen atoms in total. The Morgan fingerprint density at radius 1 is 1.32 bits per heavy atom. The van der Waals surface area contributed by atoms with Gasteiger partial charge in [-0.15, -0.1) is 0 Å². The van der Waals surface area contributed by atoms with Gasteiger partial charge in [0.05, 0.1) is 5.75 Å². The molecule has 10 heteroatoms. The summed E-state index contributed by atoms with van der Waals surface area (Å²) >= 11 is 7.47. The number of piperazine rings is 1. The molecule has 2 heterocycles. The molecule has 1 atom stereocenters. The van der Waals surface area contributed by atoms with E-state index in [4.69, 9.17) is 11.6 Å². The third-order valence-electron chi connectivity index (χ3n) is 4.56. The topological polar surface area (TPSA) is 90.5 Å². The Balaban J connectivity index is 1.59. The molecule has 2 N–H and O–H groups in total. The number of nitrogens with one attached hydrogen (secondary N) is 2. The van der Waals surface area contributed by atoms with Crippen molar-refractivity contribution in [1.82, 2.24) is 25.5 Å². The van der Waals surface area contributed by atoms with Gasteiger partial charge in [-0.2, -0.15) is 0 Å². The Morgan fingerprint density at radius 2 is 2.07 bits per heavy atom. The van der Waals surface area contributed by atoms with Gasteiger partial charge in [-0.25, -0.2) is 14.8 Å². The van der Waals surface area contributed by atoms with Crippen LogP contribution in [0.4, 0.5) is 10.6 Å². The second-order valence-corrected chi connectivity index (χ2v) is 8.88. The summed E-state index contributed by atoms with van der Waals surface area (Å²) in [5.74, 6) is 0.993. The molecule has 3 rings (SSSR count). The highest BCUT2D eigenvalue weighted by atomic mass is 35.5. The number of aromatic nitrogens is 2. The first-order valence-corrected chi connectivity index (χ1v) is 11.0. The first-order chi connectivity index (χ1) is 13.3. The fraction of sp³-hybridized carbons (Fsp3) is 0.667. The Bertz CT molecular complexity index is 730. The lowest BCUT2D eigenvalue weighted by Crippen LogP contribution is -2.57. The summed E-state index contributed by atoms with van der Waals surface area (Å²) in [5.41, 5.74) is 0. The molecule has 2 fully saturated rings. The van der Waals surface area contributed by atoms with Crippen molar-refractivity contribution in [3.63, 3.8) is 0 Å². The summed E-state index contributed by atoms with van der Waals surface area (Å²) in [6.45, 7) is 7.85. The van der Waals surface area contributed by atoms with Gasteiger partial charge in [-0.3, -0.25) is 4.79 Å². The van der Waals surface area contributed by atoms with E-state index in [2.05, 4.69) is 25.5 Å². The quantitative estimate of drug-likeness (QED) is 0.411. The van der Waals surface area contributed by atoms with Crippen LogP contribution in [0.3, 0.4) is 0 Å². The van der Waals surface area contributed by atoms with Crippen molar-refractivity contribution >= 4 is 41.1 Å². The van der Waals surface area contributed by atoms with Gasteiger partial charge in [0.2, 0.25) is 5.91 Å². The molecule has 28 heavy (non-hydrogen) atoms. The highest BCUT2D eigenvalue weighted by Crippen LogP contribution is 2.24. The molecular weight excluding hydrogens is 400 g/mol. The second kappa shape index (κ2) is 9.17. The van der Waals surface area contributed by atoms with E-state index in [-0.39, 0.29) is 29.8 Å². The predicted octanol–water partition coefficient (Wildman–Crippen LogP) is 2.13. The fourth-order valence-electron chi connectivity index (χ4n) is 3.04. The van der Waals surface area contributed by atoms with E-state index in [0.29, 0.717) is 36.0 Å². The van der Waals surface area contributed by atoms with Crippen molar-refractivity contribution in [3.05, 3.63) is 11.2 Å². The van der Waals surface area contributed by atoms with Gasteiger partial charge >= 0.3 is 6.03 Å². The second-order valence-electron chi connectivity index (χ2n) is 7.55. The zero-order chi connectivity index (χ0) is 20.3. The van der Waals surface area contributed by atoms with Gasteiger partial charge in [-0.05, 0) is 33.6 Å². The van der Waals surface area contributed by atoms with Gasteiger partial charge in [0, 0.05) is 43.8 Å². The minimum absolute atomic E-state index is 0.00368. The molecule has 2 aliphatic rings. The van der Waals surface area contributed by atoms with E-state index in [9.17, 15) is 9.59 Å². The van der Waals surface area contributed by atoms with Crippen LogP contribution in [0, 0.1) is 0 Å². The molecular formula is C18H27ClN6O2S. The van der Waals surface area contributed by atoms with Crippen molar-refractivity contribution in [2.75, 3.05) is 30.3 Å². The van der Waals surface area contributed by atoms with Gasteiger partial charge in [0.1, 0.15) is 11.0 Å². The smallest absolute Gasteiger partial charge is 0.317 e. The Morgan fingerprint density at radius 3 is 2.71 bits per heavy atom. The van der Waals surface area contributed by atoms with Crippen molar-refractivity contribution in [2.24, 2.45) is 0 Å². The van der Waals surface area contributed by atoms with Crippen molar-refractivity contribution in [2.45, 2.75) is 56.9 Å². The summed E-state index contributed by atoms with van der Waals surface area (Å²) < 4.78 is 0. The van der Waals surface area contributed by atoms with Crippen LogP contribution in [0.2, 0.25) is 5.15 Å². The molecule has 1 aromatic heterocycles. The lowest BCUT2D eigenvalue weighted by molar-refractivity contribution is -0.118. The number of thioether (sulfide) groups is 1. The van der Waals surface area contributed by atoms with Gasteiger partial charge in [0.25, 0.3) is 0 Å². The minimum Gasteiger partial charge on any atom is -0.353 e. The molecule has 0 radical (unpaired) electrons. The predicted molar refractivity (Wildman–Crippen MR) is 111 cm³/mol. The average Bonchev–Trinajstić information content (AvgIpc) is 3.42. The molecule has 0 bridgehead atoms. The average molecular weight is 427 g/mol. The van der Waals surface area contributed by atoms with Gasteiger partial charge in [0.15, 0.2) is 5.16 Å². The zero-order valence-electron chi connectivity index (χ0n) is 16.4. The Labute approximate surface area is 174 Å². The number of amides is 3. The standard InChI is InChI=1S/C18H27ClN6O2S/c1-11(2)20-18(27)25-7-6-24(9-12(25)3)15-8-14(19)22-17(23-15)28-10-16(26)21-13-4-5-13/h8,11-13H,4-7,9-10H2,1-3H3,(H,20,27)(H,21,26)/t12-/m0/s1. The number of nitrogens with zero attached hydrogens (tertiary/aromatic N) is 4. The summed E-state index contributed by atoms with van der Waals surface area (Å²) in [4.78, 5) is 36.9. The Kier molecular flexibility index (Phi) is 6.87. The van der Waals surface area contributed by atoms with Gasteiger partial charge < -0.3 is 20.4 Å². The van der Waals surface area contributed by atoms with Crippen LogP contribution in [0.1, 0.15) is 33.6 Å². The normalized spacial score (nSPS) is 19.7. The first kappa shape index (κ1) is 21.0. The van der Waals surface area contributed by atoms with Crippen LogP contribution in [-0.2, 0) is 4.79 Å². The molecule has 0 spiro atoms. The van der Waals surface area contributed by atoms with Crippen molar-refractivity contribution in [3.8, 4) is 0 Å². The molecule has 1 aromatic rings. The summed E-state index contributed by atoms with van der Waals surface area (Å²) in [7, 11) is 0. The molecule has 0 unspecified atom stereocenters. The maximum Gasteiger partial charge on any atom is 0.317 e. The lowest BCUT2D eigenvalue weighted by atomic mass is 10.2. The van der Waals surface area contributed by atoms with E-state index in [0.717, 1.165) is 18.7 Å². The SMILES string of the molecule is CC(C)NC(=O)N1CCN(c2cc(Cl)nc(SCC(=O)NC3CC3)n2)C[C@@H]1C. The molecule has 3 amide bonds. The van der Waals surface area contributed by atoms with Crippen LogP contribution in [-0.4, -0.2) is 70.3 Å². The fourth-order valence-corrected chi connectivity index (χ4v) is 3.93. The zero-order valence-corrected chi connectivity index (χ0v) is 18.0. The maximum atomic E-state index is 12.3. The molecule has 1 aliphatic carbocycles. The van der Waals surface area contributed by atoms with Crippen LogP contribution in [0.15, 0.2) is 11.2 Å². The third-order valence-corrected chi connectivity index (χ3v) is 5.60. The highest BCUT2D eigenvalue weighted by Gasteiger charge is 2.29. The molecule has 1 aliphatic heterocycles. The molecule has 1 saturated heterocycles. The molecule has 1 saturated carbocycles. The number of carbonyl (C=O) groups excluding carboxylic acids is 2. The van der Waals surface area contributed by atoms with E-state index in [1.54, 1.807) is 6.07 Å². The van der Waals surface area contributed by atoms with Crippen LogP contribution < -0.4 is 15.5 Å².